The van der Waals surface area contributed by atoms with Crippen LogP contribution in [0.5, 0.6) is 0 Å². The summed E-state index contributed by atoms with van der Waals surface area (Å²) < 4.78 is 10.1. The van der Waals surface area contributed by atoms with Gasteiger partial charge in [0.1, 0.15) is 0 Å². The first kappa shape index (κ1) is 47.0. The van der Waals surface area contributed by atoms with Crippen LogP contribution in [0.3, 0.4) is 0 Å². The molecule has 0 heterocycles. The van der Waals surface area contributed by atoms with Crippen LogP contribution in [0.25, 0.3) is 0 Å². The molecule has 188 valence electrons. The Morgan fingerprint density at radius 2 is 0.531 bits per heavy atom. The molecule has 0 aromatic carbocycles. The van der Waals surface area contributed by atoms with E-state index in [1.165, 1.54) is 77.0 Å². The minimum atomic E-state index is -0.839. The first-order valence-electron chi connectivity index (χ1n) is 12.8. The average Bonchev–Trinajstić information content (AvgIpc) is 2.81. The van der Waals surface area contributed by atoms with Crippen molar-refractivity contribution in [3.8, 4) is 0 Å². The molecule has 0 fully saturated rings. The van der Waals surface area contributed by atoms with Crippen LogP contribution >= 0.6 is 0 Å². The zero-order chi connectivity index (χ0) is 23.9. The van der Waals surface area contributed by atoms with Gasteiger partial charge in [-0.05, 0) is 0 Å². The van der Waals surface area contributed by atoms with Gasteiger partial charge in [0.15, 0.2) is 0 Å². The largest absolute Gasteiger partial charge is 1.00 e. The van der Waals surface area contributed by atoms with Gasteiger partial charge < -0.3 is 23.7 Å². The molecule has 6 heteroatoms. The molecule has 0 saturated carbocycles. The third-order valence-electron chi connectivity index (χ3n) is 5.30. The van der Waals surface area contributed by atoms with Crippen LogP contribution in [0.4, 0.5) is 0 Å². The zero-order valence-electron chi connectivity index (χ0n) is 22.9. The molecule has 2 nitrogen and oxygen atoms in total. The molecule has 0 aromatic rings. The van der Waals surface area contributed by atoms with E-state index in [0.29, 0.717) is 0 Å². The first-order chi connectivity index (χ1) is 14.7. The Balaban J connectivity index is -0.0000000864. The van der Waals surface area contributed by atoms with Gasteiger partial charge in [0.2, 0.25) is 0 Å². The van der Waals surface area contributed by atoms with E-state index in [0.717, 1.165) is 0 Å². The predicted octanol–water partition coefficient (Wildman–Crippen LogP) is 6.96. The third kappa shape index (κ3) is 45.2. The van der Waals surface area contributed by atoms with Gasteiger partial charge in [-0.3, -0.25) is 0 Å². The van der Waals surface area contributed by atoms with E-state index < -0.39 is 39.5 Å². The fourth-order valence-electron chi connectivity index (χ4n) is 3.31. The minimum Gasteiger partial charge on any atom is -0.512 e. The van der Waals surface area contributed by atoms with Crippen molar-refractivity contribution < 1.29 is 35.9 Å². The van der Waals surface area contributed by atoms with Gasteiger partial charge in [0.05, 0.1) is 0 Å². The van der Waals surface area contributed by atoms with Crippen molar-refractivity contribution in [3.05, 3.63) is 13.1 Å². The van der Waals surface area contributed by atoms with Crippen LogP contribution in [0, 0.1) is 23.7 Å². The average molecular weight is 703 g/mol. The minimum absolute atomic E-state index is 0. The predicted molar refractivity (Wildman–Crippen MR) is 140 cm³/mol. The summed E-state index contributed by atoms with van der Waals surface area (Å²) in [6.07, 6.45) is 17.7. The van der Waals surface area contributed by atoms with Crippen molar-refractivity contribution >= 4 is 39.5 Å². The molecule has 0 saturated heterocycles. The summed E-state index contributed by atoms with van der Waals surface area (Å²) in [5, 5.41) is 12.5. The Labute approximate surface area is 242 Å². The number of hydrogen-bond donors (Lipinski definition) is 0. The van der Waals surface area contributed by atoms with E-state index in [4.69, 9.17) is 23.7 Å². The van der Waals surface area contributed by atoms with Gasteiger partial charge in [0, 0.05) is 0 Å². The summed E-state index contributed by atoms with van der Waals surface area (Å²) in [4.78, 5) is 0. The molecule has 0 aliphatic rings. The summed E-state index contributed by atoms with van der Waals surface area (Å²) in [6.45, 7) is 23.5. The van der Waals surface area contributed by atoms with Crippen molar-refractivity contribution in [3.63, 3.8) is 0 Å². The van der Waals surface area contributed by atoms with E-state index in [-0.39, 0.29) is 35.9 Å². The Morgan fingerprint density at radius 3 is 0.625 bits per heavy atom. The first-order valence-corrected chi connectivity index (χ1v) is 24.9. The van der Waals surface area contributed by atoms with Gasteiger partial charge in [0.25, 0.3) is 0 Å². The van der Waals surface area contributed by atoms with Crippen LogP contribution in [0.1, 0.15) is 119 Å². The monoisotopic (exact) mass is 704 g/mol. The van der Waals surface area contributed by atoms with Gasteiger partial charge in [-0.1, -0.05) is 0 Å². The quantitative estimate of drug-likeness (QED) is 0.115. The number of hydrogen-bond acceptors (Lipinski definition) is 2. The third-order valence-corrected chi connectivity index (χ3v) is 23.5. The molecule has 0 spiro atoms. The molecule has 0 aromatic heterocycles. The summed E-state index contributed by atoms with van der Waals surface area (Å²) in [7, 11) is 0. The van der Waals surface area contributed by atoms with Crippen molar-refractivity contribution in [2.75, 3.05) is 0 Å². The molecular formula is C26H54CuLiN2Sn2. The molecule has 0 N–H and O–H groups in total. The molecule has 0 bridgehead atoms. The van der Waals surface area contributed by atoms with Gasteiger partial charge >= 0.3 is 221 Å². The van der Waals surface area contributed by atoms with E-state index >= 15 is 0 Å². The molecular weight excluding hydrogens is 648 g/mol. The smallest absolute Gasteiger partial charge is 0.512 e. The summed E-state index contributed by atoms with van der Waals surface area (Å²) >= 11 is -1.68. The van der Waals surface area contributed by atoms with Crippen molar-refractivity contribution in [2.24, 2.45) is 0 Å². The SMILES string of the molecule is CCC[CH2][Sn]([CH2]CCC)[CH2]CCC.CCC[CH2][Sn]([CH2]CCC)[CH2]CCC.[C-]#N.[C-]#N.[Cu+].[Li+]. The van der Waals surface area contributed by atoms with Crippen LogP contribution in [-0.2, 0) is 17.1 Å². The maximum atomic E-state index is 6.25. The molecule has 0 aliphatic heterocycles. The van der Waals surface area contributed by atoms with Crippen LogP contribution in [-0.4, -0.2) is 39.5 Å². The van der Waals surface area contributed by atoms with Gasteiger partial charge in [-0.25, -0.2) is 0 Å². The van der Waals surface area contributed by atoms with Crippen LogP contribution < -0.4 is 18.9 Å². The van der Waals surface area contributed by atoms with Gasteiger partial charge in [-0.15, -0.1) is 0 Å². The normalized spacial score (nSPS) is 9.12. The number of nitrogens with zero attached hydrogens (tertiary/aromatic N) is 2. The molecule has 0 unspecified atom stereocenters. The fourth-order valence-corrected chi connectivity index (χ4v) is 22.2. The Kier molecular flexibility index (Phi) is 73.0. The van der Waals surface area contributed by atoms with Crippen LogP contribution in [0.2, 0.25) is 26.6 Å². The Bertz CT molecular complexity index is 251. The second-order valence-electron chi connectivity index (χ2n) is 8.12. The number of rotatable bonds is 18. The fraction of sp³-hybridized carbons (Fsp3) is 0.923. The molecule has 0 atom stereocenters. The molecule has 0 rings (SSSR count). The maximum Gasteiger partial charge on any atom is 1.00 e. The van der Waals surface area contributed by atoms with Crippen molar-refractivity contribution in [2.45, 2.75) is 145 Å². The zero-order valence-corrected chi connectivity index (χ0v) is 29.6. The standard InChI is InChI=1S/6C4H9.2CN.Cu.Li.2Sn/c6*1-3-4-2;2*1-2;;;;/h6*1,3-4H2,2H3;;;;;;/q;;;;;;2*-1;2*+1;;. The maximum absolute atomic E-state index is 6.25. The van der Waals surface area contributed by atoms with E-state index in [2.05, 4.69) is 41.5 Å². The topological polar surface area (TPSA) is 47.6 Å². The second kappa shape index (κ2) is 49.7. The van der Waals surface area contributed by atoms with E-state index in [9.17, 15) is 0 Å². The summed E-state index contributed by atoms with van der Waals surface area (Å²) in [5.41, 5.74) is 0. The van der Waals surface area contributed by atoms with Gasteiger partial charge in [-0.2, -0.15) is 0 Å². The molecule has 0 aliphatic carbocycles. The van der Waals surface area contributed by atoms with Crippen LogP contribution in [0.15, 0.2) is 0 Å². The second-order valence-corrected chi connectivity index (χ2v) is 25.2. The summed E-state index contributed by atoms with van der Waals surface area (Å²) in [6, 6.07) is 0. The number of unbranched alkanes of at least 4 members (excludes halogenated alkanes) is 6. The Morgan fingerprint density at radius 1 is 0.406 bits per heavy atom. The molecule has 2 radical (unpaired) electrons. The van der Waals surface area contributed by atoms with E-state index in [1.54, 1.807) is 26.6 Å². The van der Waals surface area contributed by atoms with Crippen molar-refractivity contribution in [1.82, 2.24) is 0 Å². The van der Waals surface area contributed by atoms with E-state index in [1.807, 2.05) is 0 Å². The van der Waals surface area contributed by atoms with Crippen molar-refractivity contribution in [1.29, 1.82) is 10.5 Å². The summed E-state index contributed by atoms with van der Waals surface area (Å²) in [5.74, 6) is 0. The Hall–Kier alpha value is 1.69. The molecule has 32 heavy (non-hydrogen) atoms. The molecule has 0 amide bonds.